The number of aromatic nitrogens is 1. The summed E-state index contributed by atoms with van der Waals surface area (Å²) in [4.78, 5) is 28.5. The van der Waals surface area contributed by atoms with Gasteiger partial charge in [-0.15, -0.1) is 0 Å². The third-order valence-electron chi connectivity index (χ3n) is 3.12. The minimum Gasteiger partial charge on any atom is -0.495 e. The molecule has 0 atom stereocenters. The van der Waals surface area contributed by atoms with Gasteiger partial charge in [0.2, 0.25) is 5.78 Å². The van der Waals surface area contributed by atoms with Crippen LogP contribution in [0, 0.1) is 0 Å². The van der Waals surface area contributed by atoms with Gasteiger partial charge in [0.1, 0.15) is 11.3 Å². The molecule has 0 aliphatic heterocycles. The topological polar surface area (TPSA) is 69.4 Å². The molecule has 0 amide bonds. The Morgan fingerprint density at radius 3 is 2.71 bits per heavy atom. The van der Waals surface area contributed by atoms with Gasteiger partial charge in [0, 0.05) is 18.0 Å². The quantitative estimate of drug-likeness (QED) is 0.544. The standard InChI is InChI=1S/C16H11NO4/c1-20-15-11-6-2-3-7-12(11)21-16(19)13(15)14(18)10-5-4-8-17-9-10/h2-9H,1H3. The van der Waals surface area contributed by atoms with Gasteiger partial charge in [-0.2, -0.15) is 0 Å². The highest BCUT2D eigenvalue weighted by atomic mass is 16.5. The first-order chi connectivity index (χ1) is 10.2. The minimum atomic E-state index is -0.723. The maximum Gasteiger partial charge on any atom is 0.351 e. The van der Waals surface area contributed by atoms with Gasteiger partial charge in [0.25, 0.3) is 0 Å². The van der Waals surface area contributed by atoms with Crippen LogP contribution in [0.15, 0.2) is 58.0 Å². The van der Waals surface area contributed by atoms with E-state index in [1.165, 1.54) is 13.3 Å². The van der Waals surface area contributed by atoms with E-state index in [2.05, 4.69) is 4.98 Å². The van der Waals surface area contributed by atoms with E-state index in [0.717, 1.165) is 0 Å². The summed E-state index contributed by atoms with van der Waals surface area (Å²) < 4.78 is 10.5. The van der Waals surface area contributed by atoms with E-state index in [1.807, 2.05) is 0 Å². The van der Waals surface area contributed by atoms with Crippen LogP contribution < -0.4 is 10.4 Å². The lowest BCUT2D eigenvalue weighted by atomic mass is 10.0. The van der Waals surface area contributed by atoms with Crippen molar-refractivity contribution in [2.75, 3.05) is 7.11 Å². The summed E-state index contributed by atoms with van der Waals surface area (Å²) in [5.41, 5.74) is -0.163. The molecule has 5 nitrogen and oxygen atoms in total. The molecule has 0 bridgehead atoms. The van der Waals surface area contributed by atoms with Crippen molar-refractivity contribution < 1.29 is 13.9 Å². The molecule has 21 heavy (non-hydrogen) atoms. The van der Waals surface area contributed by atoms with Crippen molar-refractivity contribution in [1.29, 1.82) is 0 Å². The molecule has 0 fully saturated rings. The highest BCUT2D eigenvalue weighted by Crippen LogP contribution is 2.28. The predicted molar refractivity (Wildman–Crippen MR) is 76.7 cm³/mol. The van der Waals surface area contributed by atoms with Crippen LogP contribution in [0.1, 0.15) is 15.9 Å². The number of hydrogen-bond donors (Lipinski definition) is 0. The summed E-state index contributed by atoms with van der Waals surface area (Å²) in [5, 5.41) is 0.576. The summed E-state index contributed by atoms with van der Waals surface area (Å²) in [7, 11) is 1.42. The third kappa shape index (κ3) is 2.18. The van der Waals surface area contributed by atoms with Crippen molar-refractivity contribution in [3.8, 4) is 5.75 Å². The number of nitrogens with zero attached hydrogens (tertiary/aromatic N) is 1. The molecule has 0 N–H and O–H groups in total. The Hall–Kier alpha value is -2.95. The van der Waals surface area contributed by atoms with Gasteiger partial charge in [0.15, 0.2) is 5.56 Å². The number of ketones is 1. The molecule has 0 saturated carbocycles. The second-order valence-corrected chi connectivity index (χ2v) is 4.36. The lowest BCUT2D eigenvalue weighted by Gasteiger charge is -2.09. The highest BCUT2D eigenvalue weighted by molar-refractivity contribution is 6.12. The van der Waals surface area contributed by atoms with E-state index in [1.54, 1.807) is 42.6 Å². The molecule has 2 aromatic heterocycles. The summed E-state index contributed by atoms with van der Waals surface area (Å²) in [6, 6.07) is 10.1. The molecule has 0 radical (unpaired) electrons. The van der Waals surface area contributed by atoms with E-state index in [0.29, 0.717) is 16.5 Å². The van der Waals surface area contributed by atoms with E-state index in [-0.39, 0.29) is 11.3 Å². The Balaban J connectivity index is 2.30. The second kappa shape index (κ2) is 5.20. The van der Waals surface area contributed by atoms with Crippen molar-refractivity contribution in [2.24, 2.45) is 0 Å². The van der Waals surface area contributed by atoms with Crippen molar-refractivity contribution in [2.45, 2.75) is 0 Å². The number of carbonyl (C=O) groups is 1. The zero-order chi connectivity index (χ0) is 14.8. The molecule has 5 heteroatoms. The molecule has 0 aliphatic carbocycles. The molecule has 3 rings (SSSR count). The number of methoxy groups -OCH3 is 1. The van der Waals surface area contributed by atoms with Crippen LogP contribution in [0.5, 0.6) is 5.75 Å². The van der Waals surface area contributed by atoms with Gasteiger partial charge in [-0.1, -0.05) is 12.1 Å². The van der Waals surface area contributed by atoms with E-state index < -0.39 is 11.4 Å². The minimum absolute atomic E-state index is 0.121. The molecule has 3 aromatic rings. The molecular weight excluding hydrogens is 270 g/mol. The lowest BCUT2D eigenvalue weighted by molar-refractivity contribution is 0.103. The molecule has 0 unspecified atom stereocenters. The zero-order valence-corrected chi connectivity index (χ0v) is 11.2. The Bertz CT molecular complexity index is 868. The maximum atomic E-state index is 12.5. The monoisotopic (exact) mass is 281 g/mol. The van der Waals surface area contributed by atoms with Crippen molar-refractivity contribution in [3.05, 3.63) is 70.3 Å². The number of carbonyl (C=O) groups excluding carboxylic acids is 1. The first-order valence-electron chi connectivity index (χ1n) is 6.27. The highest BCUT2D eigenvalue weighted by Gasteiger charge is 2.23. The van der Waals surface area contributed by atoms with Gasteiger partial charge >= 0.3 is 5.63 Å². The predicted octanol–water partition coefficient (Wildman–Crippen LogP) is 2.43. The number of benzene rings is 1. The largest absolute Gasteiger partial charge is 0.495 e. The van der Waals surface area contributed by atoms with E-state index in [4.69, 9.17) is 9.15 Å². The lowest BCUT2D eigenvalue weighted by Crippen LogP contribution is -2.17. The zero-order valence-electron chi connectivity index (χ0n) is 11.2. The second-order valence-electron chi connectivity index (χ2n) is 4.36. The number of fused-ring (bicyclic) bond motifs is 1. The van der Waals surface area contributed by atoms with Gasteiger partial charge < -0.3 is 9.15 Å². The summed E-state index contributed by atoms with van der Waals surface area (Å²) in [5.74, 6) is -0.254. The summed E-state index contributed by atoms with van der Waals surface area (Å²) in [6.07, 6.45) is 2.95. The SMILES string of the molecule is COc1c(C(=O)c2cccnc2)c(=O)oc2ccccc12. The molecule has 104 valence electrons. The number of rotatable bonds is 3. The number of hydrogen-bond acceptors (Lipinski definition) is 5. The average Bonchev–Trinajstić information content (AvgIpc) is 2.53. The molecule has 2 heterocycles. The van der Waals surface area contributed by atoms with Gasteiger partial charge in [-0.25, -0.2) is 4.79 Å². The summed E-state index contributed by atoms with van der Waals surface area (Å²) >= 11 is 0. The first kappa shape index (κ1) is 13.1. The normalized spacial score (nSPS) is 10.5. The Kier molecular flexibility index (Phi) is 3.23. The Morgan fingerprint density at radius 1 is 1.19 bits per heavy atom. The van der Waals surface area contributed by atoms with Crippen LogP contribution in [0.2, 0.25) is 0 Å². The van der Waals surface area contributed by atoms with Gasteiger partial charge in [-0.05, 0) is 24.3 Å². The van der Waals surface area contributed by atoms with Gasteiger partial charge in [0.05, 0.1) is 12.5 Å². The van der Waals surface area contributed by atoms with Crippen LogP contribution >= 0.6 is 0 Å². The fraction of sp³-hybridized carbons (Fsp3) is 0.0625. The molecule has 1 aromatic carbocycles. The van der Waals surface area contributed by atoms with E-state index in [9.17, 15) is 9.59 Å². The number of para-hydroxylation sites is 1. The molecule has 0 saturated heterocycles. The van der Waals surface area contributed by atoms with Crippen molar-refractivity contribution in [3.63, 3.8) is 0 Å². The van der Waals surface area contributed by atoms with Crippen LogP contribution in [0.4, 0.5) is 0 Å². The first-order valence-corrected chi connectivity index (χ1v) is 6.27. The smallest absolute Gasteiger partial charge is 0.351 e. The molecule has 0 aliphatic rings. The van der Waals surface area contributed by atoms with Crippen LogP contribution in [0.25, 0.3) is 11.0 Å². The summed E-state index contributed by atoms with van der Waals surface area (Å²) in [6.45, 7) is 0. The fourth-order valence-electron chi connectivity index (χ4n) is 2.17. The van der Waals surface area contributed by atoms with Gasteiger partial charge in [-0.3, -0.25) is 9.78 Å². The van der Waals surface area contributed by atoms with Crippen LogP contribution in [0.3, 0.4) is 0 Å². The fourth-order valence-corrected chi connectivity index (χ4v) is 2.17. The number of ether oxygens (including phenoxy) is 1. The molecule has 0 spiro atoms. The Morgan fingerprint density at radius 2 is 2.00 bits per heavy atom. The van der Waals surface area contributed by atoms with Crippen LogP contribution in [-0.2, 0) is 0 Å². The maximum absolute atomic E-state index is 12.5. The number of pyridine rings is 1. The molecular formula is C16H11NO4. The van der Waals surface area contributed by atoms with Crippen molar-refractivity contribution >= 4 is 16.8 Å². The van der Waals surface area contributed by atoms with Crippen LogP contribution in [-0.4, -0.2) is 17.9 Å². The van der Waals surface area contributed by atoms with E-state index >= 15 is 0 Å². The third-order valence-corrected chi connectivity index (χ3v) is 3.12. The average molecular weight is 281 g/mol. The van der Waals surface area contributed by atoms with Crippen molar-refractivity contribution in [1.82, 2.24) is 4.98 Å². The Labute approximate surface area is 119 Å².